The lowest BCUT2D eigenvalue weighted by molar-refractivity contribution is -0.118. The number of aryl methyl sites for hydroxylation is 1. The highest BCUT2D eigenvalue weighted by atomic mass is 16.5. The quantitative estimate of drug-likeness (QED) is 0.813. The third-order valence-electron chi connectivity index (χ3n) is 3.54. The molecular formula is C16H21N3O3. The Hall–Kier alpha value is -2.37. The SMILES string of the molecule is CCCCC(=O)N=Nc1c(O)n(CC)c2ccc(OC)cc12. The van der Waals surface area contributed by atoms with E-state index >= 15 is 0 Å². The number of benzene rings is 1. The van der Waals surface area contributed by atoms with Crippen molar-refractivity contribution < 1.29 is 14.6 Å². The molecule has 1 amide bonds. The van der Waals surface area contributed by atoms with Crippen LogP contribution in [0, 0.1) is 0 Å². The van der Waals surface area contributed by atoms with Crippen molar-refractivity contribution in [2.45, 2.75) is 39.7 Å². The Bertz CT molecular complexity index is 704. The van der Waals surface area contributed by atoms with Crippen LogP contribution in [0.3, 0.4) is 0 Å². The summed E-state index contributed by atoms with van der Waals surface area (Å²) in [5, 5.41) is 18.7. The number of aromatic nitrogens is 1. The predicted octanol–water partition coefficient (Wildman–Crippen LogP) is 4.18. The van der Waals surface area contributed by atoms with Crippen LogP contribution in [-0.2, 0) is 11.3 Å². The summed E-state index contributed by atoms with van der Waals surface area (Å²) < 4.78 is 6.93. The van der Waals surface area contributed by atoms with Gasteiger partial charge in [0.2, 0.25) is 5.88 Å². The monoisotopic (exact) mass is 303 g/mol. The van der Waals surface area contributed by atoms with Crippen molar-refractivity contribution in [1.29, 1.82) is 0 Å². The normalized spacial score (nSPS) is 11.4. The minimum atomic E-state index is -0.276. The maximum absolute atomic E-state index is 11.6. The van der Waals surface area contributed by atoms with E-state index in [0.717, 1.165) is 18.4 Å². The molecule has 2 rings (SSSR count). The fourth-order valence-electron chi connectivity index (χ4n) is 2.33. The summed E-state index contributed by atoms with van der Waals surface area (Å²) >= 11 is 0. The number of unbranched alkanes of at least 4 members (excludes halogenated alkanes) is 1. The van der Waals surface area contributed by atoms with Crippen LogP contribution in [0.4, 0.5) is 5.69 Å². The maximum Gasteiger partial charge on any atom is 0.264 e. The molecule has 1 aromatic heterocycles. The third kappa shape index (κ3) is 3.10. The van der Waals surface area contributed by atoms with Crippen LogP contribution in [-0.4, -0.2) is 22.7 Å². The van der Waals surface area contributed by atoms with Crippen molar-refractivity contribution in [3.63, 3.8) is 0 Å². The van der Waals surface area contributed by atoms with Crippen LogP contribution in [0.2, 0.25) is 0 Å². The first kappa shape index (κ1) is 16.0. The zero-order valence-electron chi connectivity index (χ0n) is 13.2. The van der Waals surface area contributed by atoms with Crippen LogP contribution >= 0.6 is 0 Å². The van der Waals surface area contributed by atoms with Crippen LogP contribution in [0.5, 0.6) is 11.6 Å². The number of ether oxygens (including phenoxy) is 1. The molecule has 0 saturated carbocycles. The molecule has 0 radical (unpaired) electrons. The molecular weight excluding hydrogens is 282 g/mol. The zero-order valence-corrected chi connectivity index (χ0v) is 13.2. The molecule has 0 aliphatic rings. The van der Waals surface area contributed by atoms with Crippen molar-refractivity contribution in [1.82, 2.24) is 4.57 Å². The molecule has 1 aromatic carbocycles. The number of amides is 1. The smallest absolute Gasteiger partial charge is 0.264 e. The predicted molar refractivity (Wildman–Crippen MR) is 84.9 cm³/mol. The van der Waals surface area contributed by atoms with Gasteiger partial charge in [-0.2, -0.15) is 0 Å². The molecule has 0 saturated heterocycles. The minimum Gasteiger partial charge on any atom is -0.497 e. The van der Waals surface area contributed by atoms with Gasteiger partial charge in [0.25, 0.3) is 5.91 Å². The first-order chi connectivity index (χ1) is 10.6. The van der Waals surface area contributed by atoms with Gasteiger partial charge in [-0.05, 0) is 31.5 Å². The van der Waals surface area contributed by atoms with Crippen molar-refractivity contribution in [2.24, 2.45) is 10.2 Å². The van der Waals surface area contributed by atoms with E-state index in [1.807, 2.05) is 26.0 Å². The summed E-state index contributed by atoms with van der Waals surface area (Å²) in [6.45, 7) is 4.53. The molecule has 0 aliphatic carbocycles. The number of azo groups is 1. The number of hydrogen-bond donors (Lipinski definition) is 1. The summed E-state index contributed by atoms with van der Waals surface area (Å²) in [5.41, 5.74) is 1.14. The third-order valence-corrected chi connectivity index (χ3v) is 3.54. The van der Waals surface area contributed by atoms with Gasteiger partial charge in [-0.25, -0.2) is 0 Å². The van der Waals surface area contributed by atoms with E-state index in [4.69, 9.17) is 4.74 Å². The number of fused-ring (bicyclic) bond motifs is 1. The second-order valence-corrected chi connectivity index (χ2v) is 5.00. The highest BCUT2D eigenvalue weighted by Crippen LogP contribution is 2.40. The Kier molecular flexibility index (Phi) is 5.14. The molecule has 118 valence electrons. The summed E-state index contributed by atoms with van der Waals surface area (Å²) in [4.78, 5) is 11.6. The molecule has 0 atom stereocenters. The average Bonchev–Trinajstić information content (AvgIpc) is 2.80. The standard InChI is InChI=1S/C16H21N3O3/c1-4-6-7-14(20)17-18-15-12-10-11(22-3)8-9-13(12)19(5-2)16(15)21/h8-10,21H,4-7H2,1-3H3. The zero-order chi connectivity index (χ0) is 16.1. The second-order valence-electron chi connectivity index (χ2n) is 5.00. The minimum absolute atomic E-state index is 0.0118. The number of methoxy groups -OCH3 is 1. The van der Waals surface area contributed by atoms with Gasteiger partial charge in [-0.1, -0.05) is 13.3 Å². The highest BCUT2D eigenvalue weighted by molar-refractivity contribution is 5.96. The summed E-state index contributed by atoms with van der Waals surface area (Å²) in [6.07, 6.45) is 2.09. The highest BCUT2D eigenvalue weighted by Gasteiger charge is 2.16. The topological polar surface area (TPSA) is 76.2 Å². The molecule has 1 N–H and O–H groups in total. The number of rotatable bonds is 6. The molecule has 22 heavy (non-hydrogen) atoms. The number of aromatic hydroxyl groups is 1. The molecule has 2 aromatic rings. The summed E-state index contributed by atoms with van der Waals surface area (Å²) in [5.74, 6) is 0.397. The summed E-state index contributed by atoms with van der Waals surface area (Å²) in [6, 6.07) is 5.46. The number of carbonyl (C=O) groups is 1. The van der Waals surface area contributed by atoms with E-state index in [9.17, 15) is 9.90 Å². The Labute approximate surface area is 129 Å². The Morgan fingerprint density at radius 3 is 2.77 bits per heavy atom. The van der Waals surface area contributed by atoms with Gasteiger partial charge in [0, 0.05) is 18.4 Å². The molecule has 6 nitrogen and oxygen atoms in total. The molecule has 0 unspecified atom stereocenters. The van der Waals surface area contributed by atoms with Crippen molar-refractivity contribution in [2.75, 3.05) is 7.11 Å². The van der Waals surface area contributed by atoms with Gasteiger partial charge >= 0.3 is 0 Å². The maximum atomic E-state index is 11.6. The van der Waals surface area contributed by atoms with E-state index in [2.05, 4.69) is 10.2 Å². The Balaban J connectivity index is 2.45. The average molecular weight is 303 g/mol. The van der Waals surface area contributed by atoms with Crippen molar-refractivity contribution in [3.05, 3.63) is 18.2 Å². The van der Waals surface area contributed by atoms with Crippen LogP contribution in [0.1, 0.15) is 33.1 Å². The van der Waals surface area contributed by atoms with Gasteiger partial charge in [-0.3, -0.25) is 4.79 Å². The van der Waals surface area contributed by atoms with Gasteiger partial charge in [0.1, 0.15) is 5.75 Å². The summed E-state index contributed by atoms with van der Waals surface area (Å²) in [7, 11) is 1.58. The Morgan fingerprint density at radius 2 is 2.14 bits per heavy atom. The van der Waals surface area contributed by atoms with Gasteiger partial charge in [0.15, 0.2) is 5.69 Å². The lowest BCUT2D eigenvalue weighted by atomic mass is 10.2. The van der Waals surface area contributed by atoms with E-state index in [1.54, 1.807) is 17.7 Å². The van der Waals surface area contributed by atoms with Crippen LogP contribution < -0.4 is 4.74 Å². The van der Waals surface area contributed by atoms with Gasteiger partial charge in [-0.15, -0.1) is 10.2 Å². The van der Waals surface area contributed by atoms with E-state index in [0.29, 0.717) is 29.8 Å². The Morgan fingerprint density at radius 1 is 1.36 bits per heavy atom. The van der Waals surface area contributed by atoms with Gasteiger partial charge < -0.3 is 14.4 Å². The lowest BCUT2D eigenvalue weighted by Gasteiger charge is -2.02. The molecule has 6 heteroatoms. The van der Waals surface area contributed by atoms with Crippen LogP contribution in [0.15, 0.2) is 28.4 Å². The van der Waals surface area contributed by atoms with Crippen LogP contribution in [0.25, 0.3) is 10.9 Å². The largest absolute Gasteiger partial charge is 0.497 e. The van der Waals surface area contributed by atoms with Crippen molar-refractivity contribution >= 4 is 22.5 Å². The number of hydrogen-bond acceptors (Lipinski definition) is 4. The van der Waals surface area contributed by atoms with Crippen molar-refractivity contribution in [3.8, 4) is 11.6 Å². The van der Waals surface area contributed by atoms with E-state index < -0.39 is 0 Å². The van der Waals surface area contributed by atoms with E-state index in [-0.39, 0.29) is 11.8 Å². The first-order valence-corrected chi connectivity index (χ1v) is 7.46. The molecule has 0 spiro atoms. The molecule has 0 bridgehead atoms. The number of carbonyl (C=O) groups excluding carboxylic acids is 1. The second kappa shape index (κ2) is 7.06. The molecule has 1 heterocycles. The molecule has 0 aliphatic heterocycles. The van der Waals surface area contributed by atoms with Gasteiger partial charge in [0.05, 0.1) is 12.6 Å². The fourth-order valence-corrected chi connectivity index (χ4v) is 2.33. The van der Waals surface area contributed by atoms with E-state index in [1.165, 1.54) is 0 Å². The number of nitrogens with zero attached hydrogens (tertiary/aromatic N) is 3. The fraction of sp³-hybridized carbons (Fsp3) is 0.438. The lowest BCUT2D eigenvalue weighted by Crippen LogP contribution is -1.92. The first-order valence-electron chi connectivity index (χ1n) is 7.46. The molecule has 0 fully saturated rings.